The molecule has 1 rings (SSSR count). The lowest BCUT2D eigenvalue weighted by atomic mass is 10.3. The second-order valence-electron chi connectivity index (χ2n) is 3.83. The Labute approximate surface area is 104 Å². The van der Waals surface area contributed by atoms with Crippen molar-refractivity contribution in [3.05, 3.63) is 28.2 Å². The molecule has 0 saturated heterocycles. The average molecular weight is 253 g/mol. The molecule has 7 heteroatoms. The van der Waals surface area contributed by atoms with Crippen molar-refractivity contribution in [3.63, 3.8) is 0 Å². The Morgan fingerprint density at radius 3 is 2.72 bits per heavy atom. The van der Waals surface area contributed by atoms with E-state index in [1.54, 1.807) is 6.92 Å². The molecule has 1 heterocycles. The SMILES string of the molecule is COC(=O)C(Cn1ncc(C)cc1=O)NC(C)=O. The van der Waals surface area contributed by atoms with E-state index in [1.165, 1.54) is 26.3 Å². The zero-order valence-electron chi connectivity index (χ0n) is 10.5. The molecule has 0 aliphatic rings. The number of carbonyl (C=O) groups is 2. The summed E-state index contributed by atoms with van der Waals surface area (Å²) < 4.78 is 5.65. The van der Waals surface area contributed by atoms with Crippen molar-refractivity contribution in [2.75, 3.05) is 7.11 Å². The number of aryl methyl sites for hydroxylation is 1. The smallest absolute Gasteiger partial charge is 0.330 e. The lowest BCUT2D eigenvalue weighted by Gasteiger charge is -2.15. The fourth-order valence-corrected chi connectivity index (χ4v) is 1.40. The van der Waals surface area contributed by atoms with Gasteiger partial charge in [-0.15, -0.1) is 0 Å². The summed E-state index contributed by atoms with van der Waals surface area (Å²) in [7, 11) is 1.21. The van der Waals surface area contributed by atoms with E-state index in [0.29, 0.717) is 0 Å². The van der Waals surface area contributed by atoms with Gasteiger partial charge in [0.15, 0.2) is 0 Å². The number of aromatic nitrogens is 2. The number of nitrogens with one attached hydrogen (secondary N) is 1. The van der Waals surface area contributed by atoms with Gasteiger partial charge >= 0.3 is 5.97 Å². The fourth-order valence-electron chi connectivity index (χ4n) is 1.40. The lowest BCUT2D eigenvalue weighted by Crippen LogP contribution is -2.45. The number of amides is 1. The highest BCUT2D eigenvalue weighted by molar-refractivity contribution is 5.83. The van der Waals surface area contributed by atoms with Gasteiger partial charge in [-0.3, -0.25) is 9.59 Å². The molecule has 0 aromatic carbocycles. The molecule has 0 bridgehead atoms. The Bertz CT molecular complexity index is 509. The van der Waals surface area contributed by atoms with Crippen LogP contribution in [0.15, 0.2) is 17.1 Å². The number of rotatable bonds is 4. The first-order valence-corrected chi connectivity index (χ1v) is 5.32. The van der Waals surface area contributed by atoms with Crippen molar-refractivity contribution < 1.29 is 14.3 Å². The molecule has 1 atom stereocenters. The van der Waals surface area contributed by atoms with Crippen molar-refractivity contribution in [2.45, 2.75) is 26.4 Å². The molecule has 7 nitrogen and oxygen atoms in total. The van der Waals surface area contributed by atoms with E-state index < -0.39 is 12.0 Å². The summed E-state index contributed by atoms with van der Waals surface area (Å²) in [5.74, 6) is -1.01. The predicted octanol–water partition coefficient (Wildman–Crippen LogP) is -0.771. The van der Waals surface area contributed by atoms with Gasteiger partial charge in [0.25, 0.3) is 5.56 Å². The van der Waals surface area contributed by atoms with Crippen LogP contribution in [-0.2, 0) is 20.9 Å². The van der Waals surface area contributed by atoms with Gasteiger partial charge in [-0.2, -0.15) is 5.10 Å². The third kappa shape index (κ3) is 3.69. The van der Waals surface area contributed by atoms with E-state index in [1.807, 2.05) is 0 Å². The summed E-state index contributed by atoms with van der Waals surface area (Å²) in [6.45, 7) is 2.96. The van der Waals surface area contributed by atoms with Crippen molar-refractivity contribution in [1.82, 2.24) is 15.1 Å². The fraction of sp³-hybridized carbons (Fsp3) is 0.455. The van der Waals surface area contributed by atoms with E-state index in [2.05, 4.69) is 15.2 Å². The summed E-state index contributed by atoms with van der Waals surface area (Å²) in [5, 5.41) is 6.29. The molecule has 0 saturated carbocycles. The maximum absolute atomic E-state index is 11.6. The van der Waals surface area contributed by atoms with E-state index in [4.69, 9.17) is 0 Å². The van der Waals surface area contributed by atoms with Crippen LogP contribution in [0, 0.1) is 6.92 Å². The zero-order chi connectivity index (χ0) is 13.7. The van der Waals surface area contributed by atoms with Crippen LogP contribution in [0.2, 0.25) is 0 Å². The number of hydrogen-bond acceptors (Lipinski definition) is 5. The molecule has 0 fully saturated rings. The molecule has 1 aromatic heterocycles. The van der Waals surface area contributed by atoms with Gasteiger partial charge in [0.2, 0.25) is 5.91 Å². The summed E-state index contributed by atoms with van der Waals surface area (Å²) >= 11 is 0. The quantitative estimate of drug-likeness (QED) is 0.711. The molecule has 0 aliphatic carbocycles. The molecule has 0 aliphatic heterocycles. The molecule has 1 unspecified atom stereocenters. The highest BCUT2D eigenvalue weighted by Crippen LogP contribution is 1.93. The van der Waals surface area contributed by atoms with Gasteiger partial charge in [-0.25, -0.2) is 9.48 Å². The van der Waals surface area contributed by atoms with Crippen LogP contribution in [0.4, 0.5) is 0 Å². The number of ether oxygens (including phenoxy) is 1. The van der Waals surface area contributed by atoms with E-state index >= 15 is 0 Å². The molecular weight excluding hydrogens is 238 g/mol. The van der Waals surface area contributed by atoms with Crippen LogP contribution >= 0.6 is 0 Å². The first kappa shape index (κ1) is 13.9. The van der Waals surface area contributed by atoms with Gasteiger partial charge in [0.1, 0.15) is 6.04 Å². The largest absolute Gasteiger partial charge is 0.467 e. The van der Waals surface area contributed by atoms with Crippen molar-refractivity contribution in [1.29, 1.82) is 0 Å². The number of methoxy groups -OCH3 is 1. The van der Waals surface area contributed by atoms with Crippen LogP contribution in [-0.4, -0.2) is 34.8 Å². The minimum atomic E-state index is -0.930. The topological polar surface area (TPSA) is 90.3 Å². The molecule has 98 valence electrons. The molecule has 18 heavy (non-hydrogen) atoms. The third-order valence-electron chi connectivity index (χ3n) is 2.23. The van der Waals surface area contributed by atoms with Gasteiger partial charge in [0, 0.05) is 13.0 Å². The van der Waals surface area contributed by atoms with Crippen molar-refractivity contribution in [3.8, 4) is 0 Å². The third-order valence-corrected chi connectivity index (χ3v) is 2.23. The number of nitrogens with zero attached hydrogens (tertiary/aromatic N) is 2. The molecule has 0 spiro atoms. The van der Waals surface area contributed by atoms with Gasteiger partial charge in [-0.05, 0) is 12.5 Å². The van der Waals surface area contributed by atoms with Gasteiger partial charge < -0.3 is 10.1 Å². The monoisotopic (exact) mass is 253 g/mol. The Hall–Kier alpha value is -2.18. The van der Waals surface area contributed by atoms with E-state index in [9.17, 15) is 14.4 Å². The van der Waals surface area contributed by atoms with Crippen LogP contribution in [0.1, 0.15) is 12.5 Å². The Morgan fingerprint density at radius 2 is 2.22 bits per heavy atom. The molecule has 0 radical (unpaired) electrons. The number of hydrogen-bond donors (Lipinski definition) is 1. The van der Waals surface area contributed by atoms with E-state index in [0.717, 1.165) is 10.2 Å². The average Bonchev–Trinajstić information content (AvgIpc) is 2.30. The normalized spacial score (nSPS) is 11.7. The molecule has 1 amide bonds. The Kier molecular flexibility index (Phi) is 4.59. The van der Waals surface area contributed by atoms with Crippen LogP contribution in [0.25, 0.3) is 0 Å². The second kappa shape index (κ2) is 5.95. The molecule has 1 N–H and O–H groups in total. The first-order chi connectivity index (χ1) is 8.43. The molecular formula is C11H15N3O4. The minimum absolute atomic E-state index is 0.0641. The van der Waals surface area contributed by atoms with Crippen molar-refractivity contribution >= 4 is 11.9 Å². The van der Waals surface area contributed by atoms with Gasteiger partial charge in [0.05, 0.1) is 19.9 Å². The maximum atomic E-state index is 11.6. The highest BCUT2D eigenvalue weighted by Gasteiger charge is 2.21. The second-order valence-corrected chi connectivity index (χ2v) is 3.83. The van der Waals surface area contributed by atoms with Crippen LogP contribution in [0.3, 0.4) is 0 Å². The van der Waals surface area contributed by atoms with E-state index in [-0.39, 0.29) is 18.0 Å². The summed E-state index contributed by atoms with van der Waals surface area (Å²) in [5.41, 5.74) is 0.389. The zero-order valence-corrected chi connectivity index (χ0v) is 10.5. The Morgan fingerprint density at radius 1 is 1.56 bits per heavy atom. The highest BCUT2D eigenvalue weighted by atomic mass is 16.5. The van der Waals surface area contributed by atoms with Crippen LogP contribution in [0.5, 0.6) is 0 Å². The summed E-state index contributed by atoms with van der Waals surface area (Å²) in [6.07, 6.45) is 1.50. The maximum Gasteiger partial charge on any atom is 0.330 e. The number of esters is 1. The molecule has 1 aromatic rings. The Balaban J connectivity index is 2.92. The standard InChI is InChI=1S/C11H15N3O4/c1-7-4-10(16)14(12-5-7)6-9(11(17)18-3)13-8(2)15/h4-5,9H,6H2,1-3H3,(H,13,15). The predicted molar refractivity (Wildman–Crippen MR) is 62.9 cm³/mol. The first-order valence-electron chi connectivity index (χ1n) is 5.32. The van der Waals surface area contributed by atoms with Crippen LogP contribution < -0.4 is 10.9 Å². The lowest BCUT2D eigenvalue weighted by molar-refractivity contribution is -0.145. The summed E-state index contributed by atoms with van der Waals surface area (Å²) in [6, 6.07) is 0.468. The number of carbonyl (C=O) groups excluding carboxylic acids is 2. The van der Waals surface area contributed by atoms with Crippen molar-refractivity contribution in [2.24, 2.45) is 0 Å². The minimum Gasteiger partial charge on any atom is -0.467 e. The summed E-state index contributed by atoms with van der Waals surface area (Å²) in [4.78, 5) is 34.0. The van der Waals surface area contributed by atoms with Gasteiger partial charge in [-0.1, -0.05) is 0 Å².